The summed E-state index contributed by atoms with van der Waals surface area (Å²) in [6, 6.07) is 6.05. The quantitative estimate of drug-likeness (QED) is 0.677. The van der Waals surface area contributed by atoms with E-state index in [1.54, 1.807) is 18.1 Å². The predicted molar refractivity (Wildman–Crippen MR) is 123 cm³/mol. The number of hydrogen-bond donors (Lipinski definition) is 2. The van der Waals surface area contributed by atoms with E-state index in [-0.39, 0.29) is 17.6 Å². The summed E-state index contributed by atoms with van der Waals surface area (Å²) < 4.78 is 37.3. The molecule has 11 heteroatoms. The molecule has 2 amide bonds. The molecular formula is C23H27F3N6O2. The molecule has 1 aliphatic heterocycles. The van der Waals surface area contributed by atoms with Crippen LogP contribution in [0.3, 0.4) is 0 Å². The molecule has 1 saturated carbocycles. The second kappa shape index (κ2) is 8.77. The predicted octanol–water partition coefficient (Wildman–Crippen LogP) is 4.47. The van der Waals surface area contributed by atoms with E-state index in [4.69, 9.17) is 4.98 Å². The van der Waals surface area contributed by atoms with Crippen molar-refractivity contribution in [3.63, 3.8) is 0 Å². The van der Waals surface area contributed by atoms with E-state index >= 15 is 0 Å². The van der Waals surface area contributed by atoms with Crippen LogP contribution >= 0.6 is 0 Å². The number of halogens is 3. The van der Waals surface area contributed by atoms with Gasteiger partial charge in [-0.2, -0.15) is 18.2 Å². The van der Waals surface area contributed by atoms with Gasteiger partial charge in [0.25, 0.3) is 0 Å². The molecule has 4 rings (SSSR count). The summed E-state index contributed by atoms with van der Waals surface area (Å²) in [4.78, 5) is 37.1. The number of amides is 2. The molecule has 0 atom stereocenters. The van der Waals surface area contributed by atoms with Crippen LogP contribution in [0.25, 0.3) is 0 Å². The van der Waals surface area contributed by atoms with Crippen molar-refractivity contribution < 1.29 is 22.8 Å². The van der Waals surface area contributed by atoms with Crippen molar-refractivity contribution in [3.05, 3.63) is 30.5 Å². The molecule has 0 spiro atoms. The number of aromatic nitrogens is 2. The third kappa shape index (κ3) is 4.78. The molecule has 1 aromatic carbocycles. The van der Waals surface area contributed by atoms with Crippen LogP contribution in [-0.2, 0) is 9.59 Å². The van der Waals surface area contributed by atoms with Gasteiger partial charge in [0.05, 0.1) is 11.6 Å². The minimum Gasteiger partial charge on any atom is -0.351 e. The maximum Gasteiger partial charge on any atom is 0.471 e. The van der Waals surface area contributed by atoms with Crippen molar-refractivity contribution >= 4 is 40.6 Å². The Labute approximate surface area is 195 Å². The van der Waals surface area contributed by atoms with Gasteiger partial charge in [-0.1, -0.05) is 12.8 Å². The zero-order valence-corrected chi connectivity index (χ0v) is 19.2. The monoisotopic (exact) mass is 476 g/mol. The van der Waals surface area contributed by atoms with E-state index in [1.165, 1.54) is 24.3 Å². The summed E-state index contributed by atoms with van der Waals surface area (Å²) in [6.07, 6.45) is 0.990. The molecular weight excluding hydrogens is 449 g/mol. The first-order valence-electron chi connectivity index (χ1n) is 11.1. The minimum atomic E-state index is -4.96. The van der Waals surface area contributed by atoms with Gasteiger partial charge in [0.15, 0.2) is 5.82 Å². The van der Waals surface area contributed by atoms with Crippen molar-refractivity contribution in [1.82, 2.24) is 9.97 Å². The fourth-order valence-electron chi connectivity index (χ4n) is 4.49. The van der Waals surface area contributed by atoms with Crippen LogP contribution in [0, 0.1) is 5.41 Å². The maximum absolute atomic E-state index is 13.1. The summed E-state index contributed by atoms with van der Waals surface area (Å²) in [7, 11) is 1.73. The van der Waals surface area contributed by atoms with Crippen molar-refractivity contribution in [3.8, 4) is 0 Å². The lowest BCUT2D eigenvalue weighted by Gasteiger charge is -2.34. The SMILES string of the molecule is CN1C(=O)C(C)(C)CN(C2CCCC2)c2nc(Nc3ccc(NC(=O)C(F)(F)F)cc3)ncc21. The molecule has 0 unspecified atom stereocenters. The Balaban J connectivity index is 1.60. The first-order chi connectivity index (χ1) is 16.0. The summed E-state index contributed by atoms with van der Waals surface area (Å²) in [6.45, 7) is 4.41. The molecule has 0 bridgehead atoms. The zero-order chi connectivity index (χ0) is 24.7. The van der Waals surface area contributed by atoms with E-state index in [0.717, 1.165) is 25.7 Å². The lowest BCUT2D eigenvalue weighted by molar-refractivity contribution is -0.167. The minimum absolute atomic E-state index is 0.00458. The molecule has 2 aromatic rings. The molecule has 34 heavy (non-hydrogen) atoms. The number of anilines is 5. The van der Waals surface area contributed by atoms with E-state index < -0.39 is 17.5 Å². The smallest absolute Gasteiger partial charge is 0.351 e. The van der Waals surface area contributed by atoms with Crippen LogP contribution in [-0.4, -0.2) is 47.6 Å². The Kier molecular flexibility index (Phi) is 6.13. The molecule has 0 saturated heterocycles. The van der Waals surface area contributed by atoms with Crippen LogP contribution in [0.1, 0.15) is 39.5 Å². The molecule has 1 fully saturated rings. The number of carbonyl (C=O) groups is 2. The van der Waals surface area contributed by atoms with Gasteiger partial charge in [0.2, 0.25) is 11.9 Å². The maximum atomic E-state index is 13.1. The lowest BCUT2D eigenvalue weighted by atomic mass is 9.91. The molecule has 2 N–H and O–H groups in total. The van der Waals surface area contributed by atoms with Gasteiger partial charge in [0, 0.05) is 31.0 Å². The molecule has 8 nitrogen and oxygen atoms in total. The number of benzene rings is 1. The average molecular weight is 477 g/mol. The highest BCUT2D eigenvalue weighted by Crippen LogP contribution is 2.40. The second-order valence-corrected chi connectivity index (χ2v) is 9.37. The van der Waals surface area contributed by atoms with E-state index in [2.05, 4.69) is 15.2 Å². The standard InChI is InChI=1S/C23H27F3N6O2/c1-22(2)13-32(16-6-4-5-7-16)18-17(31(3)20(22)34)12-27-21(30-18)29-15-10-8-14(9-11-15)28-19(33)23(24,25)26/h8-12,16H,4-7,13H2,1-3H3,(H,28,33)(H,27,29,30). The van der Waals surface area contributed by atoms with Crippen molar-refractivity contribution in [2.75, 3.05) is 34.0 Å². The third-order valence-corrected chi connectivity index (χ3v) is 6.25. The third-order valence-electron chi connectivity index (χ3n) is 6.25. The largest absolute Gasteiger partial charge is 0.471 e. The topological polar surface area (TPSA) is 90.5 Å². The first kappa shape index (κ1) is 23.8. The van der Waals surface area contributed by atoms with Crippen LogP contribution < -0.4 is 20.4 Å². The molecule has 1 aliphatic carbocycles. The van der Waals surface area contributed by atoms with Crippen molar-refractivity contribution in [2.45, 2.75) is 51.7 Å². The molecule has 2 aliphatic rings. The number of rotatable bonds is 4. The van der Waals surface area contributed by atoms with Crippen LogP contribution in [0.15, 0.2) is 30.5 Å². The molecule has 1 aromatic heterocycles. The van der Waals surface area contributed by atoms with Gasteiger partial charge in [-0.25, -0.2) is 4.98 Å². The Morgan fingerprint density at radius 3 is 2.35 bits per heavy atom. The highest BCUT2D eigenvalue weighted by Gasteiger charge is 2.41. The van der Waals surface area contributed by atoms with E-state index in [1.807, 2.05) is 19.2 Å². The number of nitrogens with zero attached hydrogens (tertiary/aromatic N) is 4. The molecule has 182 valence electrons. The fraction of sp³-hybridized carbons (Fsp3) is 0.478. The Bertz CT molecular complexity index is 1080. The van der Waals surface area contributed by atoms with Crippen LogP contribution in [0.2, 0.25) is 0 Å². The highest BCUT2D eigenvalue weighted by atomic mass is 19.4. The van der Waals surface area contributed by atoms with Gasteiger partial charge in [0.1, 0.15) is 5.69 Å². The fourth-order valence-corrected chi connectivity index (χ4v) is 4.49. The Morgan fingerprint density at radius 1 is 1.12 bits per heavy atom. The van der Waals surface area contributed by atoms with E-state index in [9.17, 15) is 22.8 Å². The van der Waals surface area contributed by atoms with Gasteiger partial charge in [-0.3, -0.25) is 9.59 Å². The number of nitrogens with one attached hydrogen (secondary N) is 2. The summed E-state index contributed by atoms with van der Waals surface area (Å²) >= 11 is 0. The normalized spacial score (nSPS) is 18.5. The van der Waals surface area contributed by atoms with Crippen LogP contribution in [0.5, 0.6) is 0 Å². The highest BCUT2D eigenvalue weighted by molar-refractivity contribution is 6.01. The number of alkyl halides is 3. The summed E-state index contributed by atoms with van der Waals surface area (Å²) in [5.41, 5.74) is 0.599. The van der Waals surface area contributed by atoms with Gasteiger partial charge < -0.3 is 20.4 Å². The summed E-state index contributed by atoms with van der Waals surface area (Å²) in [5, 5.41) is 4.86. The lowest BCUT2D eigenvalue weighted by Crippen LogP contribution is -2.45. The number of hydrogen-bond acceptors (Lipinski definition) is 6. The first-order valence-corrected chi connectivity index (χ1v) is 11.1. The van der Waals surface area contributed by atoms with Gasteiger partial charge in [-0.05, 0) is 51.0 Å². The number of carbonyl (C=O) groups excluding carboxylic acids is 2. The van der Waals surface area contributed by atoms with Crippen LogP contribution in [0.4, 0.5) is 42.0 Å². The summed E-state index contributed by atoms with van der Waals surface area (Å²) in [5.74, 6) is -1.06. The van der Waals surface area contributed by atoms with Gasteiger partial charge in [-0.15, -0.1) is 0 Å². The number of fused-ring (bicyclic) bond motifs is 1. The average Bonchev–Trinajstić information content (AvgIpc) is 3.29. The van der Waals surface area contributed by atoms with Crippen molar-refractivity contribution in [1.29, 1.82) is 0 Å². The Hall–Kier alpha value is -3.37. The second-order valence-electron chi connectivity index (χ2n) is 9.37. The zero-order valence-electron chi connectivity index (χ0n) is 19.2. The van der Waals surface area contributed by atoms with Gasteiger partial charge >= 0.3 is 12.1 Å². The molecule has 2 heterocycles. The van der Waals surface area contributed by atoms with Crippen molar-refractivity contribution in [2.24, 2.45) is 5.41 Å². The molecule has 0 radical (unpaired) electrons. The Morgan fingerprint density at radius 2 is 1.74 bits per heavy atom. The van der Waals surface area contributed by atoms with E-state index in [0.29, 0.717) is 29.7 Å².